The Kier molecular flexibility index (Phi) is 7.06. The Morgan fingerprint density at radius 1 is 1.19 bits per heavy atom. The van der Waals surface area contributed by atoms with Gasteiger partial charge in [-0.05, 0) is 53.2 Å². The van der Waals surface area contributed by atoms with Crippen molar-refractivity contribution >= 4 is 0 Å². The highest BCUT2D eigenvalue weighted by atomic mass is 15.1. The third-order valence-corrected chi connectivity index (χ3v) is 4.09. The third-order valence-electron chi connectivity index (χ3n) is 4.09. The molecule has 1 atom stereocenters. The van der Waals surface area contributed by atoms with Crippen molar-refractivity contribution in [2.45, 2.75) is 70.4 Å². The van der Waals surface area contributed by atoms with Crippen LogP contribution in [0, 0.1) is 0 Å². The van der Waals surface area contributed by atoms with Gasteiger partial charge >= 0.3 is 0 Å². The minimum absolute atomic E-state index is 0.681. The lowest BCUT2D eigenvalue weighted by atomic mass is 9.94. The maximum absolute atomic E-state index is 3.30. The van der Waals surface area contributed by atoms with Crippen LogP contribution in [0.4, 0.5) is 0 Å². The molecule has 1 unspecified atom stereocenters. The summed E-state index contributed by atoms with van der Waals surface area (Å²) in [7, 11) is 4.37. The van der Waals surface area contributed by atoms with E-state index in [1.54, 1.807) is 0 Å². The molecule has 0 aromatic heterocycles. The first kappa shape index (κ1) is 14.0. The number of hydrogen-bond acceptors (Lipinski definition) is 2. The molecule has 1 N–H and O–H groups in total. The molecule has 1 saturated carbocycles. The molecule has 0 aliphatic heterocycles. The van der Waals surface area contributed by atoms with Crippen LogP contribution in [-0.4, -0.2) is 37.6 Å². The number of hydrogen-bond donors (Lipinski definition) is 1. The third kappa shape index (κ3) is 5.31. The number of unbranched alkanes of at least 4 members (excludes halogenated alkanes) is 1. The Balaban J connectivity index is 2.03. The van der Waals surface area contributed by atoms with Crippen molar-refractivity contribution < 1.29 is 0 Å². The molecule has 0 saturated heterocycles. The number of nitrogens with zero attached hydrogens (tertiary/aromatic N) is 1. The summed E-state index contributed by atoms with van der Waals surface area (Å²) in [5.74, 6) is 0. The molecular formula is C14H30N2. The van der Waals surface area contributed by atoms with Gasteiger partial charge in [-0.2, -0.15) is 0 Å². The largest absolute Gasteiger partial charge is 0.317 e. The molecule has 2 nitrogen and oxygen atoms in total. The SMILES string of the molecule is CNC(C)CCCCN(C)C1CCCCC1. The molecule has 0 radical (unpaired) electrons. The molecule has 0 amide bonds. The smallest absolute Gasteiger partial charge is 0.00922 e. The predicted octanol–water partition coefficient (Wildman–Crippen LogP) is 3.03. The highest BCUT2D eigenvalue weighted by Gasteiger charge is 2.17. The lowest BCUT2D eigenvalue weighted by molar-refractivity contribution is 0.188. The fourth-order valence-electron chi connectivity index (χ4n) is 2.66. The van der Waals surface area contributed by atoms with E-state index in [-0.39, 0.29) is 0 Å². The first-order valence-corrected chi connectivity index (χ1v) is 7.11. The number of nitrogens with one attached hydrogen (secondary N) is 1. The molecule has 1 aliphatic carbocycles. The quantitative estimate of drug-likeness (QED) is 0.671. The average molecular weight is 226 g/mol. The zero-order valence-corrected chi connectivity index (χ0v) is 11.5. The van der Waals surface area contributed by atoms with E-state index in [1.807, 2.05) is 0 Å². The Morgan fingerprint density at radius 2 is 1.88 bits per heavy atom. The van der Waals surface area contributed by atoms with Crippen LogP contribution < -0.4 is 5.32 Å². The molecule has 0 aromatic rings. The van der Waals surface area contributed by atoms with Gasteiger partial charge in [0.05, 0.1) is 0 Å². The second kappa shape index (κ2) is 8.08. The van der Waals surface area contributed by atoms with Crippen LogP contribution in [-0.2, 0) is 0 Å². The standard InChI is InChI=1S/C14H30N2/c1-13(15-2)9-7-8-12-16(3)14-10-5-4-6-11-14/h13-15H,4-12H2,1-3H3. The topological polar surface area (TPSA) is 15.3 Å². The van der Waals surface area contributed by atoms with Crippen molar-refractivity contribution in [3.8, 4) is 0 Å². The molecule has 96 valence electrons. The zero-order valence-electron chi connectivity index (χ0n) is 11.5. The first-order chi connectivity index (χ1) is 7.74. The molecule has 0 heterocycles. The summed E-state index contributed by atoms with van der Waals surface area (Å²) in [5, 5.41) is 3.30. The van der Waals surface area contributed by atoms with Gasteiger partial charge in [0.1, 0.15) is 0 Å². The van der Waals surface area contributed by atoms with Crippen molar-refractivity contribution in [2.24, 2.45) is 0 Å². The molecule has 1 aliphatic rings. The van der Waals surface area contributed by atoms with E-state index in [1.165, 1.54) is 57.9 Å². The van der Waals surface area contributed by atoms with E-state index in [4.69, 9.17) is 0 Å². The van der Waals surface area contributed by atoms with Gasteiger partial charge in [-0.15, -0.1) is 0 Å². The van der Waals surface area contributed by atoms with Crippen LogP contribution in [0.3, 0.4) is 0 Å². The van der Waals surface area contributed by atoms with E-state index in [9.17, 15) is 0 Å². The van der Waals surface area contributed by atoms with E-state index in [0.717, 1.165) is 6.04 Å². The van der Waals surface area contributed by atoms with Crippen molar-refractivity contribution in [3.05, 3.63) is 0 Å². The van der Waals surface area contributed by atoms with Gasteiger partial charge in [0.2, 0.25) is 0 Å². The van der Waals surface area contributed by atoms with Gasteiger partial charge in [-0.1, -0.05) is 25.7 Å². The maximum Gasteiger partial charge on any atom is 0.00922 e. The fourth-order valence-corrected chi connectivity index (χ4v) is 2.66. The maximum atomic E-state index is 3.30. The number of rotatable bonds is 7. The molecule has 0 aromatic carbocycles. The normalized spacial score (nSPS) is 20.2. The van der Waals surface area contributed by atoms with Crippen molar-refractivity contribution in [3.63, 3.8) is 0 Å². The van der Waals surface area contributed by atoms with Crippen LogP contribution in [0.2, 0.25) is 0 Å². The van der Waals surface area contributed by atoms with E-state index in [2.05, 4.69) is 31.2 Å². The average Bonchev–Trinajstić information content (AvgIpc) is 2.35. The lowest BCUT2D eigenvalue weighted by Gasteiger charge is -2.31. The molecule has 16 heavy (non-hydrogen) atoms. The minimum atomic E-state index is 0.681. The molecule has 2 heteroatoms. The van der Waals surface area contributed by atoms with Crippen LogP contribution >= 0.6 is 0 Å². The highest BCUT2D eigenvalue weighted by Crippen LogP contribution is 2.21. The van der Waals surface area contributed by atoms with Crippen LogP contribution in [0.25, 0.3) is 0 Å². The molecule has 1 fully saturated rings. The van der Waals surface area contributed by atoms with Gasteiger partial charge in [-0.3, -0.25) is 0 Å². The van der Waals surface area contributed by atoms with Gasteiger partial charge in [0.15, 0.2) is 0 Å². The summed E-state index contributed by atoms with van der Waals surface area (Å²) in [6.07, 6.45) is 11.3. The summed E-state index contributed by atoms with van der Waals surface area (Å²) in [6.45, 7) is 3.56. The summed E-state index contributed by atoms with van der Waals surface area (Å²) in [4.78, 5) is 2.60. The molecule has 0 spiro atoms. The van der Waals surface area contributed by atoms with Crippen LogP contribution in [0.15, 0.2) is 0 Å². The molecule has 0 bridgehead atoms. The summed E-state index contributed by atoms with van der Waals surface area (Å²) >= 11 is 0. The summed E-state index contributed by atoms with van der Waals surface area (Å²) < 4.78 is 0. The Morgan fingerprint density at radius 3 is 2.50 bits per heavy atom. The van der Waals surface area contributed by atoms with Gasteiger partial charge < -0.3 is 10.2 Å². The van der Waals surface area contributed by atoms with Crippen LogP contribution in [0.5, 0.6) is 0 Å². The van der Waals surface area contributed by atoms with E-state index < -0.39 is 0 Å². The van der Waals surface area contributed by atoms with Gasteiger partial charge in [-0.25, -0.2) is 0 Å². The summed E-state index contributed by atoms with van der Waals surface area (Å²) in [6, 6.07) is 1.57. The fraction of sp³-hybridized carbons (Fsp3) is 1.00. The Labute approximate surface area is 102 Å². The zero-order chi connectivity index (χ0) is 11.8. The highest BCUT2D eigenvalue weighted by molar-refractivity contribution is 4.73. The lowest BCUT2D eigenvalue weighted by Crippen LogP contribution is -2.34. The van der Waals surface area contributed by atoms with Gasteiger partial charge in [0.25, 0.3) is 0 Å². The molecule has 1 rings (SSSR count). The molecular weight excluding hydrogens is 196 g/mol. The van der Waals surface area contributed by atoms with E-state index >= 15 is 0 Å². The van der Waals surface area contributed by atoms with Crippen molar-refractivity contribution in [1.82, 2.24) is 10.2 Å². The summed E-state index contributed by atoms with van der Waals surface area (Å²) in [5.41, 5.74) is 0. The second-order valence-corrected chi connectivity index (χ2v) is 5.46. The Hall–Kier alpha value is -0.0800. The minimum Gasteiger partial charge on any atom is -0.317 e. The second-order valence-electron chi connectivity index (χ2n) is 5.46. The van der Waals surface area contributed by atoms with Crippen molar-refractivity contribution in [1.29, 1.82) is 0 Å². The predicted molar refractivity (Wildman–Crippen MR) is 71.9 cm³/mol. The Bertz CT molecular complexity index is 164. The monoisotopic (exact) mass is 226 g/mol. The van der Waals surface area contributed by atoms with Gasteiger partial charge in [0, 0.05) is 12.1 Å². The van der Waals surface area contributed by atoms with E-state index in [0.29, 0.717) is 6.04 Å². The van der Waals surface area contributed by atoms with Crippen LogP contribution in [0.1, 0.15) is 58.3 Å². The van der Waals surface area contributed by atoms with Crippen molar-refractivity contribution in [2.75, 3.05) is 20.6 Å². The first-order valence-electron chi connectivity index (χ1n) is 7.11.